The number of hydrogen-bond acceptors (Lipinski definition) is 4. The van der Waals surface area contributed by atoms with Crippen LogP contribution in [-0.2, 0) is 9.53 Å². The average molecular weight is 382 g/mol. The Morgan fingerprint density at radius 2 is 1.65 bits per heavy atom. The summed E-state index contributed by atoms with van der Waals surface area (Å²) in [6.45, 7) is 5.13. The van der Waals surface area contributed by atoms with Gasteiger partial charge < -0.3 is 20.7 Å². The Balaban J connectivity index is 0.00000243. The Morgan fingerprint density at radius 3 is 2.19 bits per heavy atom. The van der Waals surface area contributed by atoms with Gasteiger partial charge in [-0.05, 0) is 51.0 Å². The highest BCUT2D eigenvalue weighted by atomic mass is 35.5. The molecular formula is C19H28ClN3O3. The molecule has 2 atom stereocenters. The summed E-state index contributed by atoms with van der Waals surface area (Å²) in [6, 6.07) is 7.02. The summed E-state index contributed by atoms with van der Waals surface area (Å²) in [7, 11) is 0. The van der Waals surface area contributed by atoms with E-state index in [9.17, 15) is 9.59 Å². The van der Waals surface area contributed by atoms with Crippen LogP contribution in [0.3, 0.4) is 0 Å². The van der Waals surface area contributed by atoms with Crippen LogP contribution in [0.25, 0.3) is 0 Å². The Labute approximate surface area is 160 Å². The fourth-order valence-corrected chi connectivity index (χ4v) is 3.71. The number of halogens is 1. The van der Waals surface area contributed by atoms with Gasteiger partial charge in [0.15, 0.2) is 0 Å². The van der Waals surface area contributed by atoms with Crippen molar-refractivity contribution in [3.05, 3.63) is 29.8 Å². The first-order valence-corrected chi connectivity index (χ1v) is 9.02. The number of anilines is 1. The Bertz CT molecular complexity index is 634. The van der Waals surface area contributed by atoms with Crippen molar-refractivity contribution in [3.8, 4) is 0 Å². The molecule has 1 saturated heterocycles. The number of nitrogens with zero attached hydrogens (tertiary/aromatic N) is 1. The molecule has 2 aliphatic rings. The van der Waals surface area contributed by atoms with Crippen LogP contribution in [-0.4, -0.2) is 47.6 Å². The van der Waals surface area contributed by atoms with Crippen LogP contribution >= 0.6 is 12.4 Å². The molecule has 6 nitrogen and oxygen atoms in total. The topological polar surface area (TPSA) is 84.7 Å². The van der Waals surface area contributed by atoms with Crippen LogP contribution in [0.4, 0.5) is 5.69 Å². The molecule has 2 amide bonds. The van der Waals surface area contributed by atoms with Gasteiger partial charge in [-0.15, -0.1) is 12.4 Å². The smallest absolute Gasteiger partial charge is 0.254 e. The van der Waals surface area contributed by atoms with Crippen LogP contribution in [0.15, 0.2) is 24.3 Å². The third-order valence-corrected chi connectivity index (χ3v) is 5.04. The number of rotatable bonds is 3. The van der Waals surface area contributed by atoms with Gasteiger partial charge in [0, 0.05) is 24.3 Å². The molecule has 1 saturated carbocycles. The van der Waals surface area contributed by atoms with Gasteiger partial charge in [-0.2, -0.15) is 0 Å². The number of amides is 2. The van der Waals surface area contributed by atoms with Crippen LogP contribution in [0.1, 0.15) is 49.9 Å². The molecular weight excluding hydrogens is 354 g/mol. The van der Waals surface area contributed by atoms with Crippen molar-refractivity contribution in [1.82, 2.24) is 4.90 Å². The van der Waals surface area contributed by atoms with E-state index in [1.165, 1.54) is 0 Å². The van der Waals surface area contributed by atoms with Crippen LogP contribution in [0.2, 0.25) is 0 Å². The van der Waals surface area contributed by atoms with Gasteiger partial charge >= 0.3 is 0 Å². The van der Waals surface area contributed by atoms with E-state index in [1.54, 1.807) is 24.3 Å². The van der Waals surface area contributed by atoms with E-state index in [2.05, 4.69) is 5.32 Å². The second kappa shape index (κ2) is 8.37. The summed E-state index contributed by atoms with van der Waals surface area (Å²) in [4.78, 5) is 26.8. The number of benzene rings is 1. The van der Waals surface area contributed by atoms with E-state index < -0.39 is 5.54 Å². The molecule has 144 valence electrons. The minimum atomic E-state index is -0.755. The zero-order valence-corrected chi connectivity index (χ0v) is 16.2. The van der Waals surface area contributed by atoms with Gasteiger partial charge in [-0.25, -0.2) is 0 Å². The van der Waals surface area contributed by atoms with Crippen LogP contribution in [0.5, 0.6) is 0 Å². The standard InChI is InChI=1S/C19H27N3O3.ClH/c1-13-11-22(12-14(2)25-13)17(23)15-5-7-16(8-6-15)21-18(24)19(20)9-3-4-10-19;/h5-8,13-14H,3-4,9-12,20H2,1-2H3,(H,21,24);1H. The summed E-state index contributed by atoms with van der Waals surface area (Å²) < 4.78 is 5.67. The van der Waals surface area contributed by atoms with Gasteiger partial charge in [0.05, 0.1) is 17.7 Å². The van der Waals surface area contributed by atoms with Crippen molar-refractivity contribution in [1.29, 1.82) is 0 Å². The van der Waals surface area contributed by atoms with Crippen molar-refractivity contribution in [2.45, 2.75) is 57.3 Å². The van der Waals surface area contributed by atoms with Crippen LogP contribution in [0, 0.1) is 0 Å². The SMILES string of the molecule is CC1CN(C(=O)c2ccc(NC(=O)C3(N)CCCC3)cc2)CC(C)O1.Cl. The zero-order valence-electron chi connectivity index (χ0n) is 15.4. The molecule has 1 heterocycles. The largest absolute Gasteiger partial charge is 0.372 e. The van der Waals surface area contributed by atoms with Gasteiger partial charge in [0.2, 0.25) is 5.91 Å². The third-order valence-electron chi connectivity index (χ3n) is 5.04. The zero-order chi connectivity index (χ0) is 18.0. The predicted molar refractivity (Wildman–Crippen MR) is 104 cm³/mol. The highest BCUT2D eigenvalue weighted by molar-refractivity contribution is 5.99. The van der Waals surface area contributed by atoms with Crippen molar-refractivity contribution >= 4 is 29.9 Å². The predicted octanol–water partition coefficient (Wildman–Crippen LogP) is 2.57. The minimum absolute atomic E-state index is 0. The fraction of sp³-hybridized carbons (Fsp3) is 0.579. The summed E-state index contributed by atoms with van der Waals surface area (Å²) >= 11 is 0. The normalized spacial score (nSPS) is 24.7. The number of carbonyl (C=O) groups is 2. The lowest BCUT2D eigenvalue weighted by molar-refractivity contribution is -0.121. The molecule has 2 fully saturated rings. The van der Waals surface area contributed by atoms with Gasteiger partial charge in [0.25, 0.3) is 5.91 Å². The summed E-state index contributed by atoms with van der Waals surface area (Å²) in [5.41, 5.74) is 6.69. The van der Waals surface area contributed by atoms with Gasteiger partial charge in [-0.3, -0.25) is 9.59 Å². The number of morpholine rings is 1. The minimum Gasteiger partial charge on any atom is -0.372 e. The second-order valence-electron chi connectivity index (χ2n) is 7.36. The molecule has 3 rings (SSSR count). The van der Waals surface area contributed by atoms with E-state index in [4.69, 9.17) is 10.5 Å². The molecule has 0 bridgehead atoms. The van der Waals surface area contributed by atoms with E-state index >= 15 is 0 Å². The molecule has 3 N–H and O–H groups in total. The maximum atomic E-state index is 12.6. The lowest BCUT2D eigenvalue weighted by atomic mass is 9.98. The number of nitrogens with one attached hydrogen (secondary N) is 1. The van der Waals surface area contributed by atoms with E-state index in [0.29, 0.717) is 24.3 Å². The van der Waals surface area contributed by atoms with Crippen molar-refractivity contribution in [2.24, 2.45) is 5.73 Å². The fourth-order valence-electron chi connectivity index (χ4n) is 3.71. The molecule has 7 heteroatoms. The quantitative estimate of drug-likeness (QED) is 0.842. The van der Waals surface area contributed by atoms with Crippen molar-refractivity contribution < 1.29 is 14.3 Å². The Hall–Kier alpha value is -1.63. The van der Waals surface area contributed by atoms with Gasteiger partial charge in [-0.1, -0.05) is 12.8 Å². The lowest BCUT2D eigenvalue weighted by Gasteiger charge is -2.35. The lowest BCUT2D eigenvalue weighted by Crippen LogP contribution is -2.48. The molecule has 1 aliphatic heterocycles. The van der Waals surface area contributed by atoms with Crippen molar-refractivity contribution in [3.63, 3.8) is 0 Å². The van der Waals surface area contributed by atoms with E-state index in [-0.39, 0.29) is 36.4 Å². The molecule has 0 radical (unpaired) electrons. The first kappa shape index (κ1) is 20.7. The van der Waals surface area contributed by atoms with E-state index in [0.717, 1.165) is 25.7 Å². The highest BCUT2D eigenvalue weighted by Crippen LogP contribution is 2.28. The number of carbonyl (C=O) groups excluding carboxylic acids is 2. The van der Waals surface area contributed by atoms with E-state index in [1.807, 2.05) is 18.7 Å². The van der Waals surface area contributed by atoms with Crippen LogP contribution < -0.4 is 11.1 Å². The number of hydrogen-bond donors (Lipinski definition) is 2. The monoisotopic (exact) mass is 381 g/mol. The third kappa shape index (κ3) is 4.55. The molecule has 1 aromatic rings. The molecule has 1 aliphatic carbocycles. The molecule has 1 aromatic carbocycles. The average Bonchev–Trinajstić information content (AvgIpc) is 3.02. The number of ether oxygens (including phenoxy) is 1. The maximum absolute atomic E-state index is 12.6. The second-order valence-corrected chi connectivity index (χ2v) is 7.36. The maximum Gasteiger partial charge on any atom is 0.254 e. The first-order chi connectivity index (χ1) is 11.9. The summed E-state index contributed by atoms with van der Waals surface area (Å²) in [6.07, 6.45) is 3.52. The molecule has 26 heavy (non-hydrogen) atoms. The first-order valence-electron chi connectivity index (χ1n) is 9.02. The Morgan fingerprint density at radius 1 is 1.12 bits per heavy atom. The highest BCUT2D eigenvalue weighted by Gasteiger charge is 2.37. The summed E-state index contributed by atoms with van der Waals surface area (Å²) in [5, 5.41) is 2.88. The van der Waals surface area contributed by atoms with Crippen molar-refractivity contribution in [2.75, 3.05) is 18.4 Å². The molecule has 0 aromatic heterocycles. The Kier molecular flexibility index (Phi) is 6.66. The molecule has 2 unspecified atom stereocenters. The molecule has 0 spiro atoms. The summed E-state index contributed by atoms with van der Waals surface area (Å²) in [5.74, 6) is -0.147. The van der Waals surface area contributed by atoms with Gasteiger partial charge in [0.1, 0.15) is 0 Å². The number of nitrogens with two attached hydrogens (primary N) is 1.